The molecule has 146 valence electrons. The third kappa shape index (κ3) is 3.37. The summed E-state index contributed by atoms with van der Waals surface area (Å²) >= 11 is 0. The molecule has 0 aliphatic carbocycles. The lowest BCUT2D eigenvalue weighted by Crippen LogP contribution is -2.50. The Labute approximate surface area is 161 Å². The fraction of sp³-hybridized carbons (Fsp3) is 0.526. The van der Waals surface area contributed by atoms with Crippen LogP contribution in [-0.2, 0) is 16.4 Å². The highest BCUT2D eigenvalue weighted by molar-refractivity contribution is 7.89. The number of nitrogens with one attached hydrogen (secondary N) is 1. The summed E-state index contributed by atoms with van der Waals surface area (Å²) in [6.45, 7) is 5.54. The molecular weight excluding hydrogens is 362 g/mol. The van der Waals surface area contributed by atoms with Crippen LogP contribution in [0.4, 0.5) is 5.69 Å². The Morgan fingerprint density at radius 3 is 2.85 bits per heavy atom. The van der Waals surface area contributed by atoms with Crippen LogP contribution < -0.4 is 4.90 Å². The fourth-order valence-electron chi connectivity index (χ4n) is 4.16. The van der Waals surface area contributed by atoms with E-state index in [2.05, 4.69) is 26.7 Å². The zero-order chi connectivity index (χ0) is 19.0. The van der Waals surface area contributed by atoms with Crippen LogP contribution in [0.5, 0.6) is 0 Å². The molecule has 1 N–H and O–H groups in total. The minimum atomic E-state index is -3.54. The molecule has 8 heteroatoms. The van der Waals surface area contributed by atoms with Crippen molar-refractivity contribution in [2.24, 2.45) is 0 Å². The number of H-pyrrole nitrogens is 1. The van der Waals surface area contributed by atoms with Crippen molar-refractivity contribution < 1.29 is 8.42 Å². The van der Waals surface area contributed by atoms with Gasteiger partial charge in [0.15, 0.2) is 0 Å². The van der Waals surface area contributed by atoms with Gasteiger partial charge in [-0.25, -0.2) is 13.4 Å². The lowest BCUT2D eigenvalue weighted by Gasteiger charge is -2.39. The van der Waals surface area contributed by atoms with E-state index >= 15 is 0 Å². The first-order valence-corrected chi connectivity index (χ1v) is 11.0. The van der Waals surface area contributed by atoms with Crippen LogP contribution in [0, 0.1) is 0 Å². The second-order valence-electron chi connectivity index (χ2n) is 7.30. The van der Waals surface area contributed by atoms with E-state index < -0.39 is 10.0 Å². The van der Waals surface area contributed by atoms with Gasteiger partial charge >= 0.3 is 0 Å². The number of nitrogens with zero attached hydrogens (tertiary/aromatic N) is 4. The van der Waals surface area contributed by atoms with Gasteiger partial charge in [0.1, 0.15) is 5.82 Å². The van der Waals surface area contributed by atoms with Gasteiger partial charge in [-0.2, -0.15) is 4.31 Å². The lowest BCUT2D eigenvalue weighted by atomic mass is 10.0. The summed E-state index contributed by atoms with van der Waals surface area (Å²) in [7, 11) is -1.51. The zero-order valence-electron chi connectivity index (χ0n) is 15.9. The maximum Gasteiger partial charge on any atom is 0.243 e. The van der Waals surface area contributed by atoms with E-state index in [1.165, 1.54) is 5.56 Å². The molecule has 2 aliphatic rings. The summed E-state index contributed by atoms with van der Waals surface area (Å²) in [6.07, 6.45) is 5.63. The van der Waals surface area contributed by atoms with Crippen molar-refractivity contribution in [1.82, 2.24) is 19.2 Å². The smallest absolute Gasteiger partial charge is 0.243 e. The molecule has 7 nitrogen and oxygen atoms in total. The van der Waals surface area contributed by atoms with Gasteiger partial charge in [0.05, 0.1) is 10.9 Å². The number of rotatable bonds is 4. The maximum atomic E-state index is 13.3. The molecule has 2 aliphatic heterocycles. The first-order chi connectivity index (χ1) is 13.0. The number of imidazole rings is 1. The number of piperazine rings is 1. The zero-order valence-corrected chi connectivity index (χ0v) is 16.7. The number of aryl methyl sites for hydroxylation is 1. The van der Waals surface area contributed by atoms with Crippen molar-refractivity contribution in [3.63, 3.8) is 0 Å². The van der Waals surface area contributed by atoms with E-state index in [-0.39, 0.29) is 6.04 Å². The van der Waals surface area contributed by atoms with E-state index in [0.717, 1.165) is 37.4 Å². The molecule has 0 amide bonds. The molecule has 0 saturated carbocycles. The Kier molecular flexibility index (Phi) is 4.96. The topological polar surface area (TPSA) is 72.5 Å². The van der Waals surface area contributed by atoms with E-state index in [1.54, 1.807) is 22.8 Å². The Morgan fingerprint density at radius 2 is 2.11 bits per heavy atom. The van der Waals surface area contributed by atoms with Crippen LogP contribution in [0.15, 0.2) is 35.5 Å². The van der Waals surface area contributed by atoms with Crippen molar-refractivity contribution >= 4 is 15.7 Å². The summed E-state index contributed by atoms with van der Waals surface area (Å²) in [6, 6.07) is 5.54. The Hall–Kier alpha value is -1.90. The Balaban J connectivity index is 1.63. The van der Waals surface area contributed by atoms with Crippen molar-refractivity contribution in [3.05, 3.63) is 42.0 Å². The molecule has 27 heavy (non-hydrogen) atoms. The molecule has 3 heterocycles. The summed E-state index contributed by atoms with van der Waals surface area (Å²) in [5, 5.41) is 0. The first kappa shape index (κ1) is 18.5. The van der Waals surface area contributed by atoms with Crippen LogP contribution in [-0.4, -0.2) is 67.4 Å². The van der Waals surface area contributed by atoms with Crippen molar-refractivity contribution in [2.45, 2.75) is 30.7 Å². The monoisotopic (exact) mass is 389 g/mol. The molecule has 0 bridgehead atoms. The number of sulfonamides is 1. The Morgan fingerprint density at radius 1 is 1.26 bits per heavy atom. The SMILES string of the molecule is CCN1CCN(S(=O)(=O)c2ccc3c(c2)N(C)CCC3)C[C@@H]1c1ncc[nH]1. The Bertz CT molecular complexity index is 897. The summed E-state index contributed by atoms with van der Waals surface area (Å²) in [4.78, 5) is 12.3. The molecule has 1 aromatic heterocycles. The van der Waals surface area contributed by atoms with Gasteiger partial charge in [0.25, 0.3) is 0 Å². The number of likely N-dealkylation sites (N-methyl/N-ethyl adjacent to an activating group) is 1. The molecule has 1 fully saturated rings. The van der Waals surface area contributed by atoms with Crippen molar-refractivity contribution in [3.8, 4) is 0 Å². The van der Waals surface area contributed by atoms with Crippen LogP contribution in [0.2, 0.25) is 0 Å². The average Bonchev–Trinajstić information content (AvgIpc) is 3.22. The molecule has 2 aromatic rings. The molecule has 1 saturated heterocycles. The largest absolute Gasteiger partial charge is 0.374 e. The molecule has 4 rings (SSSR count). The van der Waals surface area contributed by atoms with Crippen molar-refractivity contribution in [2.75, 3.05) is 44.7 Å². The predicted octanol–water partition coefficient (Wildman–Crippen LogP) is 1.86. The first-order valence-electron chi connectivity index (χ1n) is 9.58. The van der Waals surface area contributed by atoms with Crippen LogP contribution in [0.3, 0.4) is 0 Å². The summed E-state index contributed by atoms with van der Waals surface area (Å²) in [5.41, 5.74) is 2.27. The second kappa shape index (κ2) is 7.26. The standard InChI is InChI=1S/C19H27N5O2S/c1-3-23-11-12-24(14-18(23)19-20-8-9-21-19)27(25,26)16-7-6-15-5-4-10-22(2)17(15)13-16/h6-9,13,18H,3-5,10-12,14H2,1-2H3,(H,20,21)/t18-/m1/s1. The number of aromatic nitrogens is 2. The minimum Gasteiger partial charge on any atom is -0.374 e. The second-order valence-corrected chi connectivity index (χ2v) is 9.24. The van der Waals surface area contributed by atoms with Gasteiger partial charge in [-0.3, -0.25) is 4.90 Å². The molecule has 0 spiro atoms. The number of fused-ring (bicyclic) bond motifs is 1. The minimum absolute atomic E-state index is 0.0474. The van der Waals surface area contributed by atoms with E-state index in [9.17, 15) is 8.42 Å². The molecule has 1 atom stereocenters. The third-order valence-electron chi connectivity index (χ3n) is 5.74. The third-order valence-corrected chi connectivity index (χ3v) is 7.60. The fourth-order valence-corrected chi connectivity index (χ4v) is 5.62. The number of hydrogen-bond donors (Lipinski definition) is 1. The van der Waals surface area contributed by atoms with E-state index in [0.29, 0.717) is 24.5 Å². The highest BCUT2D eigenvalue weighted by Crippen LogP contribution is 2.32. The van der Waals surface area contributed by atoms with Crippen molar-refractivity contribution in [1.29, 1.82) is 0 Å². The van der Waals surface area contributed by atoms with Gasteiger partial charge in [0, 0.05) is 51.3 Å². The predicted molar refractivity (Wildman–Crippen MR) is 105 cm³/mol. The molecule has 0 unspecified atom stereocenters. The van der Waals surface area contributed by atoms with Gasteiger partial charge in [-0.05, 0) is 37.1 Å². The summed E-state index contributed by atoms with van der Waals surface area (Å²) in [5.74, 6) is 0.821. The number of benzene rings is 1. The van der Waals surface area contributed by atoms with Crippen LogP contribution in [0.1, 0.15) is 30.8 Å². The van der Waals surface area contributed by atoms with Gasteiger partial charge in [-0.1, -0.05) is 13.0 Å². The number of hydrogen-bond acceptors (Lipinski definition) is 5. The quantitative estimate of drug-likeness (QED) is 0.864. The number of anilines is 1. The summed E-state index contributed by atoms with van der Waals surface area (Å²) < 4.78 is 28.3. The van der Waals surface area contributed by atoms with E-state index in [4.69, 9.17) is 0 Å². The number of aromatic amines is 1. The maximum absolute atomic E-state index is 13.3. The average molecular weight is 390 g/mol. The molecule has 0 radical (unpaired) electrons. The van der Waals surface area contributed by atoms with E-state index in [1.807, 2.05) is 19.2 Å². The van der Waals surface area contributed by atoms with Gasteiger partial charge in [0.2, 0.25) is 10.0 Å². The van der Waals surface area contributed by atoms with Crippen LogP contribution >= 0.6 is 0 Å². The lowest BCUT2D eigenvalue weighted by molar-refractivity contribution is 0.119. The van der Waals surface area contributed by atoms with Gasteiger partial charge in [-0.15, -0.1) is 0 Å². The highest BCUT2D eigenvalue weighted by atomic mass is 32.2. The van der Waals surface area contributed by atoms with Gasteiger partial charge < -0.3 is 9.88 Å². The normalized spacial score (nSPS) is 22.0. The molecule has 1 aromatic carbocycles. The molecular formula is C19H27N5O2S. The van der Waals surface area contributed by atoms with Crippen LogP contribution in [0.25, 0.3) is 0 Å². The highest BCUT2D eigenvalue weighted by Gasteiger charge is 2.35.